The molecule has 0 bridgehead atoms. The van der Waals surface area contributed by atoms with Crippen molar-refractivity contribution in [2.45, 2.75) is 38.6 Å². The normalized spacial score (nSPS) is 17.5. The second-order valence-corrected chi connectivity index (χ2v) is 7.61. The van der Waals surface area contributed by atoms with E-state index < -0.39 is 0 Å². The van der Waals surface area contributed by atoms with E-state index in [4.69, 9.17) is 14.2 Å². The number of methoxy groups -OCH3 is 1. The molecule has 0 aromatic heterocycles. The van der Waals surface area contributed by atoms with Crippen LogP contribution in [0, 0.1) is 5.92 Å². The van der Waals surface area contributed by atoms with Gasteiger partial charge in [0.1, 0.15) is 19.0 Å². The molecule has 1 aliphatic carbocycles. The largest absolute Gasteiger partial charge is 0.497 e. The maximum absolute atomic E-state index is 13.6. The molecule has 0 N–H and O–H groups in total. The second-order valence-electron chi connectivity index (χ2n) is 7.61. The number of amides is 1. The maximum Gasteiger partial charge on any atom is 0.234 e. The van der Waals surface area contributed by atoms with Crippen LogP contribution in [0.1, 0.15) is 38.2 Å². The first-order valence-electron chi connectivity index (χ1n) is 9.95. The van der Waals surface area contributed by atoms with Crippen LogP contribution in [-0.4, -0.2) is 32.3 Å². The third-order valence-corrected chi connectivity index (χ3v) is 5.74. The molecule has 1 saturated carbocycles. The first-order chi connectivity index (χ1) is 13.6. The van der Waals surface area contributed by atoms with Crippen LogP contribution in [0.2, 0.25) is 0 Å². The average molecular weight is 381 g/mol. The molecule has 2 aromatic rings. The molecule has 148 valence electrons. The van der Waals surface area contributed by atoms with E-state index >= 15 is 0 Å². The fourth-order valence-corrected chi connectivity index (χ4v) is 3.78. The van der Waals surface area contributed by atoms with Crippen LogP contribution in [0.15, 0.2) is 42.5 Å². The number of nitrogens with zero attached hydrogens (tertiary/aromatic N) is 1. The summed E-state index contributed by atoms with van der Waals surface area (Å²) in [6, 6.07) is 13.7. The van der Waals surface area contributed by atoms with Gasteiger partial charge < -0.3 is 19.1 Å². The van der Waals surface area contributed by atoms with Crippen LogP contribution in [0.4, 0.5) is 5.69 Å². The number of carbonyl (C=O) groups excluding carboxylic acids is 1. The minimum absolute atomic E-state index is 0.0984. The van der Waals surface area contributed by atoms with Gasteiger partial charge in [0, 0.05) is 11.7 Å². The molecule has 2 unspecified atom stereocenters. The van der Waals surface area contributed by atoms with E-state index in [1.807, 2.05) is 54.3 Å². The Morgan fingerprint density at radius 1 is 1.04 bits per heavy atom. The van der Waals surface area contributed by atoms with E-state index in [-0.39, 0.29) is 17.9 Å². The van der Waals surface area contributed by atoms with Crippen LogP contribution in [0.5, 0.6) is 17.2 Å². The zero-order valence-corrected chi connectivity index (χ0v) is 16.7. The lowest BCUT2D eigenvalue weighted by atomic mass is 9.97. The summed E-state index contributed by atoms with van der Waals surface area (Å²) in [4.78, 5) is 15.5. The summed E-state index contributed by atoms with van der Waals surface area (Å²) in [7, 11) is 1.65. The molecular formula is C23H27NO4. The van der Waals surface area contributed by atoms with Crippen molar-refractivity contribution < 1.29 is 19.0 Å². The molecule has 0 saturated heterocycles. The van der Waals surface area contributed by atoms with Gasteiger partial charge in [-0.1, -0.05) is 6.07 Å². The number of anilines is 1. The number of rotatable bonds is 6. The van der Waals surface area contributed by atoms with Crippen LogP contribution in [0.3, 0.4) is 0 Å². The van der Waals surface area contributed by atoms with E-state index in [0.29, 0.717) is 19.1 Å². The van der Waals surface area contributed by atoms with Crippen molar-refractivity contribution in [3.63, 3.8) is 0 Å². The lowest BCUT2D eigenvalue weighted by Crippen LogP contribution is -2.42. The highest BCUT2D eigenvalue weighted by molar-refractivity contribution is 5.98. The summed E-state index contributed by atoms with van der Waals surface area (Å²) in [5.74, 6) is 2.64. The third-order valence-electron chi connectivity index (χ3n) is 5.74. The molecule has 1 aliphatic heterocycles. The van der Waals surface area contributed by atoms with Gasteiger partial charge in [0.25, 0.3) is 0 Å². The summed E-state index contributed by atoms with van der Waals surface area (Å²) >= 11 is 0. The Labute approximate surface area is 166 Å². The summed E-state index contributed by atoms with van der Waals surface area (Å²) in [6.45, 7) is 5.21. The van der Waals surface area contributed by atoms with Gasteiger partial charge in [0.05, 0.1) is 13.0 Å². The van der Waals surface area contributed by atoms with Crippen LogP contribution >= 0.6 is 0 Å². The van der Waals surface area contributed by atoms with Crippen molar-refractivity contribution in [2.24, 2.45) is 5.92 Å². The number of hydrogen-bond donors (Lipinski definition) is 0. The van der Waals surface area contributed by atoms with Crippen molar-refractivity contribution in [1.29, 1.82) is 0 Å². The molecule has 5 heteroatoms. The van der Waals surface area contributed by atoms with Crippen molar-refractivity contribution in [3.05, 3.63) is 48.0 Å². The Morgan fingerprint density at radius 3 is 2.36 bits per heavy atom. The first-order valence-corrected chi connectivity index (χ1v) is 9.95. The molecule has 1 amide bonds. The fourth-order valence-electron chi connectivity index (χ4n) is 3.78. The zero-order valence-electron chi connectivity index (χ0n) is 16.7. The van der Waals surface area contributed by atoms with Crippen LogP contribution in [-0.2, 0) is 4.79 Å². The molecule has 0 radical (unpaired) electrons. The number of carbonyl (C=O) groups is 1. The van der Waals surface area contributed by atoms with E-state index in [9.17, 15) is 4.79 Å². The predicted molar refractivity (Wildman–Crippen MR) is 109 cm³/mol. The van der Waals surface area contributed by atoms with Gasteiger partial charge >= 0.3 is 0 Å². The Morgan fingerprint density at radius 2 is 1.71 bits per heavy atom. The van der Waals surface area contributed by atoms with Gasteiger partial charge in [-0.05, 0) is 74.6 Å². The third kappa shape index (κ3) is 3.66. The molecule has 28 heavy (non-hydrogen) atoms. The molecular weight excluding hydrogens is 354 g/mol. The summed E-state index contributed by atoms with van der Waals surface area (Å²) in [6.07, 6.45) is 2.36. The minimum Gasteiger partial charge on any atom is -0.497 e. The van der Waals surface area contributed by atoms with Crippen LogP contribution < -0.4 is 19.1 Å². The highest BCUT2D eigenvalue weighted by Crippen LogP contribution is 2.39. The van der Waals surface area contributed by atoms with Gasteiger partial charge in [-0.3, -0.25) is 4.79 Å². The lowest BCUT2D eigenvalue weighted by Gasteiger charge is -2.32. The molecule has 0 spiro atoms. The molecule has 2 atom stereocenters. The maximum atomic E-state index is 13.6. The van der Waals surface area contributed by atoms with E-state index in [2.05, 4.69) is 6.92 Å². The molecule has 5 nitrogen and oxygen atoms in total. The Hall–Kier alpha value is -2.69. The van der Waals surface area contributed by atoms with Gasteiger partial charge in [0.2, 0.25) is 5.91 Å². The number of fused-ring (bicyclic) bond motifs is 1. The zero-order chi connectivity index (χ0) is 19.7. The molecule has 2 aromatic carbocycles. The smallest absolute Gasteiger partial charge is 0.234 e. The van der Waals surface area contributed by atoms with Crippen LogP contribution in [0.25, 0.3) is 0 Å². The number of benzene rings is 2. The molecule has 1 heterocycles. The highest BCUT2D eigenvalue weighted by atomic mass is 16.6. The monoisotopic (exact) mass is 381 g/mol. The van der Waals surface area contributed by atoms with Gasteiger partial charge in [-0.25, -0.2) is 0 Å². The molecule has 2 aliphatic rings. The minimum atomic E-state index is -0.279. The Bertz CT molecular complexity index is 844. The van der Waals surface area contributed by atoms with Gasteiger partial charge in [-0.2, -0.15) is 0 Å². The summed E-state index contributed by atoms with van der Waals surface area (Å²) < 4.78 is 16.6. The Balaban J connectivity index is 1.62. The SMILES string of the molecule is COc1ccc(N(C(=O)C(C)c2ccc3c(c2)OCCO3)C(C)C2CC2)cc1. The van der Waals surface area contributed by atoms with Gasteiger partial charge in [0.15, 0.2) is 11.5 Å². The quantitative estimate of drug-likeness (QED) is 0.744. The van der Waals surface area contributed by atoms with Crippen molar-refractivity contribution in [2.75, 3.05) is 25.2 Å². The van der Waals surface area contributed by atoms with E-state index in [1.54, 1.807) is 7.11 Å². The molecule has 1 fully saturated rings. The fraction of sp³-hybridized carbons (Fsp3) is 0.435. The predicted octanol–water partition coefficient (Wildman–Crippen LogP) is 4.40. The number of ether oxygens (including phenoxy) is 3. The average Bonchev–Trinajstić information content (AvgIpc) is 3.59. The number of hydrogen-bond acceptors (Lipinski definition) is 4. The molecule has 4 rings (SSSR count). The van der Waals surface area contributed by atoms with Crippen molar-refractivity contribution in [1.82, 2.24) is 0 Å². The summed E-state index contributed by atoms with van der Waals surface area (Å²) in [5.41, 5.74) is 1.85. The Kier molecular flexibility index (Phi) is 5.16. The second kappa shape index (κ2) is 7.74. The van der Waals surface area contributed by atoms with Gasteiger partial charge in [-0.15, -0.1) is 0 Å². The standard InChI is InChI=1S/C23H27NO4/c1-15(18-6-11-21-22(14-18)28-13-12-27-21)23(25)24(16(2)17-4-5-17)19-7-9-20(26-3)10-8-19/h6-11,14-17H,4-5,12-13H2,1-3H3. The topological polar surface area (TPSA) is 48.0 Å². The highest BCUT2D eigenvalue weighted by Gasteiger charge is 2.37. The van der Waals surface area contributed by atoms with Crippen molar-refractivity contribution >= 4 is 11.6 Å². The van der Waals surface area contributed by atoms with Crippen molar-refractivity contribution in [3.8, 4) is 17.2 Å². The van der Waals surface area contributed by atoms with E-state index in [1.165, 1.54) is 12.8 Å². The first kappa shape index (κ1) is 18.7. The lowest BCUT2D eigenvalue weighted by molar-refractivity contribution is -0.120. The van der Waals surface area contributed by atoms with E-state index in [0.717, 1.165) is 28.5 Å². The summed E-state index contributed by atoms with van der Waals surface area (Å²) in [5, 5.41) is 0.